The molecule has 35 heavy (non-hydrogen) atoms. The van der Waals surface area contributed by atoms with Gasteiger partial charge in [0.2, 0.25) is 5.91 Å². The van der Waals surface area contributed by atoms with Crippen molar-refractivity contribution in [2.45, 2.75) is 64.2 Å². The Labute approximate surface area is 206 Å². The van der Waals surface area contributed by atoms with E-state index in [1.165, 1.54) is 6.42 Å². The van der Waals surface area contributed by atoms with E-state index in [2.05, 4.69) is 12.2 Å². The Morgan fingerprint density at radius 1 is 1.14 bits per heavy atom. The largest absolute Gasteiger partial charge is 0.497 e. The molecule has 7 nitrogen and oxygen atoms in total. The van der Waals surface area contributed by atoms with Crippen LogP contribution in [0, 0.1) is 5.92 Å². The van der Waals surface area contributed by atoms with E-state index in [1.807, 2.05) is 60.0 Å². The van der Waals surface area contributed by atoms with Crippen LogP contribution in [0.3, 0.4) is 0 Å². The SMILES string of the molecule is COc1cccc(CN2C(=O)c3ccc(-c4ccco4)n3CC2(C)C(=O)NC2CCCCC2C)c1. The first kappa shape index (κ1) is 23.3. The summed E-state index contributed by atoms with van der Waals surface area (Å²) in [6.07, 6.45) is 6.01. The maximum absolute atomic E-state index is 14.0. The fraction of sp³-hybridized carbons (Fsp3) is 0.429. The standard InChI is InChI=1S/C28H33N3O4/c1-19-8-4-5-11-22(19)29-27(33)28(2)18-30-23(25-12-7-15-35-25)13-14-24(30)26(32)31(28)17-20-9-6-10-21(16-20)34-3/h6-7,9-10,12-16,19,22H,4-5,8,11,17-18H2,1-3H3,(H,29,33). The molecule has 0 radical (unpaired) electrons. The zero-order chi connectivity index (χ0) is 24.6. The molecule has 2 amide bonds. The average Bonchev–Trinajstić information content (AvgIpc) is 3.53. The highest BCUT2D eigenvalue weighted by molar-refractivity contribution is 6.00. The molecule has 5 rings (SSSR count). The minimum absolute atomic E-state index is 0.114. The van der Waals surface area contributed by atoms with Gasteiger partial charge in [0.05, 0.1) is 25.6 Å². The van der Waals surface area contributed by atoms with Gasteiger partial charge >= 0.3 is 0 Å². The molecular formula is C28H33N3O4. The number of rotatable bonds is 6. The molecule has 3 unspecified atom stereocenters. The van der Waals surface area contributed by atoms with Crippen LogP contribution in [0.1, 0.15) is 55.6 Å². The summed E-state index contributed by atoms with van der Waals surface area (Å²) in [5.41, 5.74) is 1.18. The molecule has 0 spiro atoms. The molecule has 3 heterocycles. The van der Waals surface area contributed by atoms with Gasteiger partial charge in [0, 0.05) is 12.6 Å². The lowest BCUT2D eigenvalue weighted by Gasteiger charge is -2.45. The van der Waals surface area contributed by atoms with Gasteiger partial charge in [0.25, 0.3) is 5.91 Å². The number of carbonyl (C=O) groups excluding carboxylic acids is 2. The number of ether oxygens (including phenoxy) is 1. The van der Waals surface area contributed by atoms with Crippen molar-refractivity contribution in [1.29, 1.82) is 0 Å². The molecule has 2 aliphatic rings. The Bertz CT molecular complexity index is 1210. The molecule has 3 atom stereocenters. The van der Waals surface area contributed by atoms with Crippen molar-refractivity contribution in [2.75, 3.05) is 7.11 Å². The molecule has 1 fully saturated rings. The summed E-state index contributed by atoms with van der Waals surface area (Å²) in [6.45, 7) is 4.73. The zero-order valence-corrected chi connectivity index (χ0v) is 20.6. The number of methoxy groups -OCH3 is 1. The molecular weight excluding hydrogens is 442 g/mol. The number of fused-ring (bicyclic) bond motifs is 1. The zero-order valence-electron chi connectivity index (χ0n) is 20.6. The summed E-state index contributed by atoms with van der Waals surface area (Å²) < 4.78 is 12.9. The lowest BCUT2D eigenvalue weighted by atomic mass is 9.85. The Hall–Kier alpha value is -3.48. The smallest absolute Gasteiger partial charge is 0.271 e. The first-order chi connectivity index (χ1) is 16.9. The van der Waals surface area contributed by atoms with Gasteiger partial charge in [0.15, 0.2) is 0 Å². The van der Waals surface area contributed by atoms with E-state index in [9.17, 15) is 9.59 Å². The highest BCUT2D eigenvalue weighted by Crippen LogP contribution is 2.35. The third-order valence-corrected chi connectivity index (χ3v) is 7.67. The number of nitrogens with one attached hydrogen (secondary N) is 1. The van der Waals surface area contributed by atoms with Gasteiger partial charge in [-0.25, -0.2) is 0 Å². The monoisotopic (exact) mass is 475 g/mol. The van der Waals surface area contributed by atoms with Crippen molar-refractivity contribution in [2.24, 2.45) is 5.92 Å². The average molecular weight is 476 g/mol. The number of aromatic nitrogens is 1. The second kappa shape index (κ2) is 9.29. The van der Waals surface area contributed by atoms with E-state index >= 15 is 0 Å². The fourth-order valence-corrected chi connectivity index (χ4v) is 5.47. The van der Waals surface area contributed by atoms with Crippen LogP contribution in [0.15, 0.2) is 59.2 Å². The molecule has 0 saturated heterocycles. The predicted molar refractivity (Wildman–Crippen MR) is 133 cm³/mol. The summed E-state index contributed by atoms with van der Waals surface area (Å²) in [5.74, 6) is 1.53. The van der Waals surface area contributed by atoms with Gasteiger partial charge in [0.1, 0.15) is 22.7 Å². The second-order valence-corrected chi connectivity index (χ2v) is 10.0. The van der Waals surface area contributed by atoms with Crippen molar-refractivity contribution in [1.82, 2.24) is 14.8 Å². The third-order valence-electron chi connectivity index (χ3n) is 7.67. The van der Waals surface area contributed by atoms with Crippen molar-refractivity contribution in [3.63, 3.8) is 0 Å². The van der Waals surface area contributed by atoms with Crippen molar-refractivity contribution >= 4 is 11.8 Å². The maximum atomic E-state index is 14.0. The Balaban J connectivity index is 1.53. The van der Waals surface area contributed by atoms with Crippen molar-refractivity contribution in [3.05, 3.63) is 66.1 Å². The summed E-state index contributed by atoms with van der Waals surface area (Å²) in [5, 5.41) is 3.32. The molecule has 1 aliphatic carbocycles. The minimum Gasteiger partial charge on any atom is -0.497 e. The van der Waals surface area contributed by atoms with Crippen LogP contribution < -0.4 is 10.1 Å². The van der Waals surface area contributed by atoms with Gasteiger partial charge in [-0.05, 0) is 67.6 Å². The summed E-state index contributed by atoms with van der Waals surface area (Å²) in [7, 11) is 1.62. The predicted octanol–water partition coefficient (Wildman–Crippen LogP) is 4.87. The summed E-state index contributed by atoms with van der Waals surface area (Å²) in [6, 6.07) is 15.2. The quantitative estimate of drug-likeness (QED) is 0.552. The molecule has 1 N–H and O–H groups in total. The lowest BCUT2D eigenvalue weighted by molar-refractivity contribution is -0.134. The van der Waals surface area contributed by atoms with Crippen LogP contribution in [0.5, 0.6) is 5.75 Å². The number of amides is 2. The maximum Gasteiger partial charge on any atom is 0.271 e. The Kier molecular flexibility index (Phi) is 6.17. The van der Waals surface area contributed by atoms with E-state index in [0.717, 1.165) is 36.3 Å². The highest BCUT2D eigenvalue weighted by Gasteiger charge is 2.48. The van der Waals surface area contributed by atoms with E-state index in [-0.39, 0.29) is 17.9 Å². The van der Waals surface area contributed by atoms with Gasteiger partial charge < -0.3 is 23.9 Å². The van der Waals surface area contributed by atoms with E-state index in [4.69, 9.17) is 9.15 Å². The highest BCUT2D eigenvalue weighted by atomic mass is 16.5. The number of benzene rings is 1. The van der Waals surface area contributed by atoms with E-state index in [0.29, 0.717) is 30.5 Å². The number of furan rings is 1. The van der Waals surface area contributed by atoms with Crippen LogP contribution in [0.2, 0.25) is 0 Å². The van der Waals surface area contributed by atoms with Crippen molar-refractivity contribution in [3.8, 4) is 17.2 Å². The minimum atomic E-state index is -1.08. The molecule has 0 bridgehead atoms. The third kappa shape index (κ3) is 4.24. The van der Waals surface area contributed by atoms with Crippen LogP contribution in [0.25, 0.3) is 11.5 Å². The summed E-state index contributed by atoms with van der Waals surface area (Å²) in [4.78, 5) is 29.6. The van der Waals surface area contributed by atoms with Crippen LogP contribution in [-0.4, -0.2) is 40.0 Å². The van der Waals surface area contributed by atoms with Gasteiger partial charge in [-0.15, -0.1) is 0 Å². The molecule has 3 aromatic rings. The molecule has 1 saturated carbocycles. The van der Waals surface area contributed by atoms with Gasteiger partial charge in [-0.1, -0.05) is 31.9 Å². The van der Waals surface area contributed by atoms with Gasteiger partial charge in [-0.3, -0.25) is 9.59 Å². The lowest BCUT2D eigenvalue weighted by Crippen LogP contribution is -2.65. The van der Waals surface area contributed by atoms with Crippen molar-refractivity contribution < 1.29 is 18.7 Å². The fourth-order valence-electron chi connectivity index (χ4n) is 5.47. The van der Waals surface area contributed by atoms with Crippen LogP contribution in [0.4, 0.5) is 0 Å². The second-order valence-electron chi connectivity index (χ2n) is 10.0. The number of nitrogens with zero attached hydrogens (tertiary/aromatic N) is 2. The van der Waals surface area contributed by atoms with E-state index in [1.54, 1.807) is 18.3 Å². The first-order valence-corrected chi connectivity index (χ1v) is 12.4. The molecule has 1 aliphatic heterocycles. The normalized spacial score (nSPS) is 24.2. The molecule has 7 heteroatoms. The molecule has 1 aromatic carbocycles. The van der Waals surface area contributed by atoms with Gasteiger partial charge in [-0.2, -0.15) is 0 Å². The molecule has 2 aromatic heterocycles. The first-order valence-electron chi connectivity index (χ1n) is 12.4. The molecule has 184 valence electrons. The van der Waals surface area contributed by atoms with Crippen LogP contribution >= 0.6 is 0 Å². The number of hydrogen-bond acceptors (Lipinski definition) is 4. The van der Waals surface area contributed by atoms with Crippen LogP contribution in [-0.2, 0) is 17.9 Å². The Morgan fingerprint density at radius 2 is 1.94 bits per heavy atom. The number of hydrogen-bond donors (Lipinski definition) is 1. The number of carbonyl (C=O) groups is 2. The topological polar surface area (TPSA) is 76.7 Å². The summed E-state index contributed by atoms with van der Waals surface area (Å²) >= 11 is 0. The Morgan fingerprint density at radius 3 is 2.69 bits per heavy atom. The van der Waals surface area contributed by atoms with E-state index < -0.39 is 5.54 Å².